The lowest BCUT2D eigenvalue weighted by atomic mass is 10.0. The lowest BCUT2D eigenvalue weighted by Crippen LogP contribution is -2.32. The van der Waals surface area contributed by atoms with E-state index in [-0.39, 0.29) is 17.7 Å². The van der Waals surface area contributed by atoms with Crippen LogP contribution in [0.1, 0.15) is 44.4 Å². The van der Waals surface area contributed by atoms with E-state index in [2.05, 4.69) is 6.92 Å². The molecule has 1 atom stereocenters. The van der Waals surface area contributed by atoms with Crippen molar-refractivity contribution in [2.24, 2.45) is 0 Å². The van der Waals surface area contributed by atoms with Crippen molar-refractivity contribution < 1.29 is 14.4 Å². The third-order valence-corrected chi connectivity index (χ3v) is 6.06. The minimum atomic E-state index is -0.361. The van der Waals surface area contributed by atoms with Crippen LogP contribution in [0.15, 0.2) is 47.4 Å². The van der Waals surface area contributed by atoms with Crippen LogP contribution in [0.2, 0.25) is 0 Å². The Kier molecular flexibility index (Phi) is 4.07. The van der Waals surface area contributed by atoms with Gasteiger partial charge in [0.15, 0.2) is 0 Å². The van der Waals surface area contributed by atoms with Crippen LogP contribution in [-0.2, 0) is 0 Å². The van der Waals surface area contributed by atoms with Gasteiger partial charge in [0.05, 0.1) is 16.8 Å². The fraction of sp³-hybridized carbons (Fsp3) is 0.250. The van der Waals surface area contributed by atoms with Crippen LogP contribution in [0, 0.1) is 0 Å². The van der Waals surface area contributed by atoms with Gasteiger partial charge in [-0.25, -0.2) is 0 Å². The van der Waals surface area contributed by atoms with E-state index < -0.39 is 0 Å². The zero-order valence-electron chi connectivity index (χ0n) is 14.6. The van der Waals surface area contributed by atoms with Gasteiger partial charge in [0.1, 0.15) is 0 Å². The molecular weight excluding hydrogens is 348 g/mol. The first-order valence-corrected chi connectivity index (χ1v) is 9.39. The number of nitrogens with zero attached hydrogens (tertiary/aromatic N) is 2. The molecule has 5 nitrogen and oxygen atoms in total. The second kappa shape index (κ2) is 6.29. The number of benzene rings is 2. The summed E-state index contributed by atoms with van der Waals surface area (Å²) in [7, 11) is 1.45. The maximum Gasteiger partial charge on any atom is 0.261 e. The molecule has 2 aliphatic rings. The van der Waals surface area contributed by atoms with E-state index in [0.717, 1.165) is 21.9 Å². The number of carbonyl (C=O) groups is 3. The summed E-state index contributed by atoms with van der Waals surface area (Å²) in [5.41, 5.74) is 1.98. The summed E-state index contributed by atoms with van der Waals surface area (Å²) in [5.74, 6) is -0.834. The Bertz CT molecular complexity index is 940. The van der Waals surface area contributed by atoms with Crippen LogP contribution in [0.4, 0.5) is 5.69 Å². The lowest BCUT2D eigenvalue weighted by Gasteiger charge is -2.22. The molecule has 4 rings (SSSR count). The molecule has 2 aromatic rings. The number of hydrogen-bond donors (Lipinski definition) is 0. The highest BCUT2D eigenvalue weighted by Gasteiger charge is 2.34. The number of para-hydroxylation sites is 1. The molecule has 0 spiro atoms. The zero-order valence-corrected chi connectivity index (χ0v) is 15.4. The summed E-state index contributed by atoms with van der Waals surface area (Å²) in [6, 6.07) is 12.6. The fourth-order valence-electron chi connectivity index (χ4n) is 3.35. The topological polar surface area (TPSA) is 57.7 Å². The number of carbonyl (C=O) groups excluding carboxylic acids is 3. The van der Waals surface area contributed by atoms with E-state index in [1.54, 1.807) is 34.9 Å². The number of fused-ring (bicyclic) bond motifs is 2. The molecule has 0 bridgehead atoms. The third kappa shape index (κ3) is 2.61. The number of hydrogen-bond acceptors (Lipinski definition) is 4. The Morgan fingerprint density at radius 1 is 1.08 bits per heavy atom. The zero-order chi connectivity index (χ0) is 18.4. The monoisotopic (exact) mass is 366 g/mol. The van der Waals surface area contributed by atoms with Crippen LogP contribution in [-0.4, -0.2) is 41.5 Å². The number of anilines is 1. The van der Waals surface area contributed by atoms with Gasteiger partial charge in [-0.05, 0) is 36.8 Å². The Labute approximate surface area is 156 Å². The summed E-state index contributed by atoms with van der Waals surface area (Å²) in [5, 5.41) is 0.418. The largest absolute Gasteiger partial charge is 0.307 e. The molecule has 0 aliphatic carbocycles. The van der Waals surface area contributed by atoms with E-state index in [0.29, 0.717) is 28.5 Å². The lowest BCUT2D eigenvalue weighted by molar-refractivity contribution is 0.0693. The molecule has 2 aliphatic heterocycles. The molecule has 6 heteroatoms. The highest BCUT2D eigenvalue weighted by Crippen LogP contribution is 2.38. The summed E-state index contributed by atoms with van der Waals surface area (Å²) < 4.78 is 0. The molecule has 1 unspecified atom stereocenters. The quantitative estimate of drug-likeness (QED) is 0.726. The van der Waals surface area contributed by atoms with Gasteiger partial charge in [-0.2, -0.15) is 0 Å². The highest BCUT2D eigenvalue weighted by molar-refractivity contribution is 8.00. The van der Waals surface area contributed by atoms with E-state index in [1.165, 1.54) is 7.05 Å². The molecule has 0 N–H and O–H groups in total. The predicted molar refractivity (Wildman–Crippen MR) is 101 cm³/mol. The van der Waals surface area contributed by atoms with Crippen molar-refractivity contribution in [2.45, 2.75) is 23.5 Å². The van der Waals surface area contributed by atoms with E-state index in [1.807, 2.05) is 24.3 Å². The molecule has 0 aromatic heterocycles. The maximum absolute atomic E-state index is 13.2. The Morgan fingerprint density at radius 2 is 1.81 bits per heavy atom. The van der Waals surface area contributed by atoms with Crippen LogP contribution >= 0.6 is 11.8 Å². The average Bonchev–Trinajstić information content (AvgIpc) is 2.78. The normalized spacial score (nSPS) is 19.2. The number of amides is 3. The average molecular weight is 366 g/mol. The van der Waals surface area contributed by atoms with Crippen molar-refractivity contribution in [3.8, 4) is 0 Å². The smallest absolute Gasteiger partial charge is 0.261 e. The van der Waals surface area contributed by atoms with E-state index in [9.17, 15) is 14.4 Å². The van der Waals surface area contributed by atoms with Gasteiger partial charge in [-0.15, -0.1) is 11.8 Å². The van der Waals surface area contributed by atoms with Crippen molar-refractivity contribution in [1.29, 1.82) is 0 Å². The van der Waals surface area contributed by atoms with Crippen molar-refractivity contribution in [3.05, 3.63) is 59.2 Å². The number of thioether (sulfide) groups is 1. The molecule has 0 fully saturated rings. The minimum Gasteiger partial charge on any atom is -0.307 e. The molecule has 0 saturated carbocycles. The predicted octanol–water partition coefficient (Wildman–Crippen LogP) is 3.44. The van der Waals surface area contributed by atoms with Gasteiger partial charge in [-0.1, -0.05) is 19.1 Å². The second-order valence-corrected chi connectivity index (χ2v) is 8.05. The molecule has 3 amide bonds. The van der Waals surface area contributed by atoms with Gasteiger partial charge in [-0.3, -0.25) is 19.3 Å². The van der Waals surface area contributed by atoms with Crippen LogP contribution in [0.25, 0.3) is 0 Å². The first kappa shape index (κ1) is 16.8. The van der Waals surface area contributed by atoms with Crippen molar-refractivity contribution in [3.63, 3.8) is 0 Å². The van der Waals surface area contributed by atoms with Gasteiger partial charge < -0.3 is 4.90 Å². The van der Waals surface area contributed by atoms with Gasteiger partial charge in [0, 0.05) is 29.3 Å². The summed E-state index contributed by atoms with van der Waals surface area (Å²) in [4.78, 5) is 41.4. The van der Waals surface area contributed by atoms with Crippen LogP contribution in [0.5, 0.6) is 0 Å². The van der Waals surface area contributed by atoms with Crippen molar-refractivity contribution in [1.82, 2.24) is 4.90 Å². The Balaban J connectivity index is 1.73. The molecule has 0 saturated heterocycles. The summed E-state index contributed by atoms with van der Waals surface area (Å²) >= 11 is 1.77. The summed E-state index contributed by atoms with van der Waals surface area (Å²) in [6.07, 6.45) is 0.885. The third-order valence-electron chi connectivity index (χ3n) is 4.83. The number of imide groups is 1. The second-order valence-electron chi connectivity index (χ2n) is 6.57. The molecule has 132 valence electrons. The Hall–Kier alpha value is -2.60. The van der Waals surface area contributed by atoms with E-state index >= 15 is 0 Å². The molecule has 2 aromatic carbocycles. The highest BCUT2D eigenvalue weighted by atomic mass is 32.2. The summed E-state index contributed by atoms with van der Waals surface area (Å²) in [6.45, 7) is 2.78. The van der Waals surface area contributed by atoms with Crippen LogP contribution in [0.3, 0.4) is 0 Å². The fourth-order valence-corrected chi connectivity index (χ4v) is 4.46. The molecular formula is C20H18N2O3S. The Morgan fingerprint density at radius 3 is 2.62 bits per heavy atom. The van der Waals surface area contributed by atoms with Crippen molar-refractivity contribution >= 4 is 35.2 Å². The van der Waals surface area contributed by atoms with Gasteiger partial charge >= 0.3 is 0 Å². The minimum absolute atomic E-state index is 0.148. The first-order chi connectivity index (χ1) is 12.5. The molecule has 0 radical (unpaired) electrons. The van der Waals surface area contributed by atoms with Gasteiger partial charge in [0.2, 0.25) is 0 Å². The molecule has 2 heterocycles. The van der Waals surface area contributed by atoms with E-state index in [4.69, 9.17) is 0 Å². The SMILES string of the molecule is CC1CCN(C(=O)c2ccc3c(c2)C(=O)N(C)C3=O)c2ccccc2S1. The van der Waals surface area contributed by atoms with Crippen LogP contribution < -0.4 is 4.90 Å². The standard InChI is InChI=1S/C20H18N2O3S/c1-12-9-10-22(16-5-3-4-6-17(16)26-12)18(23)13-7-8-14-15(11-13)20(25)21(2)19(14)24/h3-8,11-12H,9-10H2,1-2H3. The maximum atomic E-state index is 13.2. The van der Waals surface area contributed by atoms with Gasteiger partial charge in [0.25, 0.3) is 17.7 Å². The first-order valence-electron chi connectivity index (χ1n) is 8.51. The number of rotatable bonds is 1. The van der Waals surface area contributed by atoms with Crippen molar-refractivity contribution in [2.75, 3.05) is 18.5 Å². The molecule has 26 heavy (non-hydrogen) atoms.